The van der Waals surface area contributed by atoms with Gasteiger partial charge in [0, 0.05) is 52.3 Å². The average molecular weight is 892 g/mol. The fourth-order valence-corrected chi connectivity index (χ4v) is 10.7. The summed E-state index contributed by atoms with van der Waals surface area (Å²) in [5, 5.41) is 92.0. The normalized spacial score (nSPS) is 21.1. The van der Waals surface area contributed by atoms with Crippen molar-refractivity contribution >= 4 is 17.8 Å². The molecule has 12 nitrogen and oxygen atoms in total. The Balaban J connectivity index is 1.08. The van der Waals surface area contributed by atoms with E-state index in [1.165, 1.54) is 12.1 Å². The zero-order valence-corrected chi connectivity index (χ0v) is 35.4. The summed E-state index contributed by atoms with van der Waals surface area (Å²) in [6.07, 6.45) is 6.32. The maximum absolute atomic E-state index is 12.1. The number of phenolic OH excluding ortho intramolecular Hbond substituents is 7. The van der Waals surface area contributed by atoms with Crippen LogP contribution in [0.4, 0.5) is 5.69 Å². The van der Waals surface area contributed by atoms with Gasteiger partial charge in [0.15, 0.2) is 0 Å². The Labute approximate surface area is 383 Å². The number of phenols is 7. The highest BCUT2D eigenvalue weighted by Crippen LogP contribution is 2.63. The second-order valence-electron chi connectivity index (χ2n) is 17.4. The number of rotatable bonds is 8. The lowest BCUT2D eigenvalue weighted by atomic mass is 9.72. The van der Waals surface area contributed by atoms with Gasteiger partial charge >= 0.3 is 0 Å². The van der Waals surface area contributed by atoms with Crippen LogP contribution in [-0.2, 0) is 0 Å². The zero-order chi connectivity index (χ0) is 46.2. The molecule has 2 heterocycles. The standard InChI is InChI=1S/C55H41NO11/c57-34-13-6-28(7-14-34)48-50(41-23-39(62)26-46-52(41)53(42-22-38(61)24-44(64)51(42)48)55(67-46)30-8-15-35(58)16-9-30)40-19-27(2-18-43(40)63)1-3-31-21-37(60)25-45-47(31)49(32-10-17-36(59)20-32)54(66-45)29-4-11-33(56-65)12-5-29/h1-9,11-26,48-50,53-55,57-64H,10H2. The van der Waals surface area contributed by atoms with E-state index in [0.717, 1.165) is 16.7 Å². The summed E-state index contributed by atoms with van der Waals surface area (Å²) in [5.41, 5.74) is 7.99. The van der Waals surface area contributed by atoms with Gasteiger partial charge in [-0.15, -0.1) is 4.91 Å². The van der Waals surface area contributed by atoms with Crippen molar-refractivity contribution < 1.29 is 50.3 Å². The molecule has 11 rings (SSSR count). The first-order valence-electron chi connectivity index (χ1n) is 21.7. The summed E-state index contributed by atoms with van der Waals surface area (Å²) in [7, 11) is 0. The Hall–Kier alpha value is -8.64. The van der Waals surface area contributed by atoms with Crippen LogP contribution in [0.3, 0.4) is 0 Å². The van der Waals surface area contributed by atoms with Crippen LogP contribution in [0, 0.1) is 4.91 Å². The first-order chi connectivity index (χ1) is 32.4. The van der Waals surface area contributed by atoms with Crippen LogP contribution < -0.4 is 9.47 Å². The second kappa shape index (κ2) is 15.8. The Morgan fingerprint density at radius 1 is 0.478 bits per heavy atom. The minimum Gasteiger partial charge on any atom is -0.508 e. The molecule has 0 saturated carbocycles. The molecule has 4 aliphatic rings. The maximum Gasteiger partial charge on any atom is 0.135 e. The third kappa shape index (κ3) is 7.01. The lowest BCUT2D eigenvalue weighted by Crippen LogP contribution is -2.16. The number of benzene rings is 7. The van der Waals surface area contributed by atoms with E-state index in [1.54, 1.807) is 121 Å². The van der Waals surface area contributed by atoms with Crippen LogP contribution in [0.1, 0.15) is 103 Å². The van der Waals surface area contributed by atoms with Crippen LogP contribution in [0.2, 0.25) is 0 Å². The van der Waals surface area contributed by atoms with Crippen LogP contribution in [-0.4, -0.2) is 40.9 Å². The lowest BCUT2D eigenvalue weighted by Gasteiger charge is -2.31. The maximum atomic E-state index is 12.1. The average Bonchev–Trinajstić information content (AvgIpc) is 4.01. The zero-order valence-electron chi connectivity index (χ0n) is 35.4. The second-order valence-corrected chi connectivity index (χ2v) is 17.4. The highest BCUT2D eigenvalue weighted by molar-refractivity contribution is 5.77. The molecule has 0 spiro atoms. The van der Waals surface area contributed by atoms with Crippen molar-refractivity contribution in [3.05, 3.63) is 217 Å². The number of nitrogens with zero attached hydrogens (tertiary/aromatic N) is 1. The summed E-state index contributed by atoms with van der Waals surface area (Å²) in [4.78, 5) is 11.3. The first-order valence-corrected chi connectivity index (χ1v) is 21.7. The van der Waals surface area contributed by atoms with Crippen molar-refractivity contribution in [1.82, 2.24) is 0 Å². The van der Waals surface area contributed by atoms with Gasteiger partial charge in [-0.3, -0.25) is 0 Å². The third-order valence-corrected chi connectivity index (χ3v) is 13.5. The molecule has 8 N–H and O–H groups in total. The number of hydrogen-bond donors (Lipinski definition) is 8. The molecule has 7 aromatic carbocycles. The van der Waals surface area contributed by atoms with Crippen LogP contribution in [0.25, 0.3) is 12.2 Å². The quantitative estimate of drug-likeness (QED) is 0.0531. The number of allylic oxidation sites excluding steroid dienone is 2. The number of ether oxygens (including phenoxy) is 2. The monoisotopic (exact) mass is 891 g/mol. The number of aliphatic hydroxyl groups is 1. The van der Waals surface area contributed by atoms with Gasteiger partial charge in [0.1, 0.15) is 75.4 Å². The van der Waals surface area contributed by atoms with E-state index in [1.807, 2.05) is 18.2 Å². The van der Waals surface area contributed by atoms with E-state index in [0.29, 0.717) is 68.0 Å². The predicted molar refractivity (Wildman–Crippen MR) is 250 cm³/mol. The molecular formula is C55H41NO11. The molecule has 2 aliphatic carbocycles. The summed E-state index contributed by atoms with van der Waals surface area (Å²) in [6, 6.07) is 34.3. The van der Waals surface area contributed by atoms with Gasteiger partial charge in [0.25, 0.3) is 0 Å². The molecule has 7 aromatic rings. The highest BCUT2D eigenvalue weighted by Gasteiger charge is 2.48. The Morgan fingerprint density at radius 3 is 1.70 bits per heavy atom. The minimum absolute atomic E-state index is 0.0157. The van der Waals surface area contributed by atoms with Crippen molar-refractivity contribution in [3.63, 3.8) is 0 Å². The predicted octanol–water partition coefficient (Wildman–Crippen LogP) is 11.7. The molecule has 332 valence electrons. The Bertz CT molecular complexity index is 3250. The Kier molecular flexibility index (Phi) is 9.69. The molecule has 12 heteroatoms. The molecular weight excluding hydrogens is 851 g/mol. The number of aliphatic hydroxyl groups excluding tert-OH is 1. The lowest BCUT2D eigenvalue weighted by molar-refractivity contribution is 0.220. The molecule has 0 amide bonds. The smallest absolute Gasteiger partial charge is 0.135 e. The number of nitroso groups, excluding NO2 is 1. The van der Waals surface area contributed by atoms with Gasteiger partial charge in [-0.1, -0.05) is 60.2 Å². The fourth-order valence-electron chi connectivity index (χ4n) is 10.7. The van der Waals surface area contributed by atoms with Gasteiger partial charge in [-0.25, -0.2) is 0 Å². The van der Waals surface area contributed by atoms with E-state index in [4.69, 9.17) is 9.47 Å². The molecule has 0 radical (unpaired) electrons. The largest absolute Gasteiger partial charge is 0.508 e. The number of hydrogen-bond acceptors (Lipinski definition) is 12. The fraction of sp³-hybridized carbons (Fsp3) is 0.127. The van der Waals surface area contributed by atoms with Crippen LogP contribution in [0.5, 0.6) is 51.7 Å². The van der Waals surface area contributed by atoms with Crippen molar-refractivity contribution in [2.75, 3.05) is 0 Å². The van der Waals surface area contributed by atoms with Gasteiger partial charge in [-0.2, -0.15) is 0 Å². The number of fused-ring (bicyclic) bond motifs is 3. The van der Waals surface area contributed by atoms with Crippen molar-refractivity contribution in [3.8, 4) is 51.7 Å². The number of aromatic hydroxyl groups is 7. The van der Waals surface area contributed by atoms with Crippen LogP contribution >= 0.6 is 0 Å². The summed E-state index contributed by atoms with van der Waals surface area (Å²) in [5.74, 6) is -2.27. The van der Waals surface area contributed by atoms with Gasteiger partial charge in [0.2, 0.25) is 0 Å². The third-order valence-electron chi connectivity index (χ3n) is 13.5. The molecule has 0 aromatic heterocycles. The van der Waals surface area contributed by atoms with E-state index < -0.39 is 30.0 Å². The Morgan fingerprint density at radius 2 is 1.06 bits per heavy atom. The van der Waals surface area contributed by atoms with Crippen LogP contribution in [0.15, 0.2) is 156 Å². The van der Waals surface area contributed by atoms with E-state index in [-0.39, 0.29) is 57.6 Å². The highest BCUT2D eigenvalue weighted by atomic mass is 16.5. The molecule has 67 heavy (non-hydrogen) atoms. The summed E-state index contributed by atoms with van der Waals surface area (Å²) >= 11 is 0. The molecule has 0 bridgehead atoms. The van der Waals surface area contributed by atoms with Crippen molar-refractivity contribution in [2.24, 2.45) is 5.18 Å². The SMILES string of the molecule is O=Nc1ccc(C2Oc3cc(O)cc(C=Cc4ccc(O)c(C5c6cc(O)cc7c6C(c6cc(O)cc(O)c6C5c5ccc(O)cc5)C(c5ccc(O)cc5)O7)c4)c3C2C2=CC(O)=CC2)cc1. The molecule has 0 saturated heterocycles. The van der Waals surface area contributed by atoms with Gasteiger partial charge in [0.05, 0.1) is 11.8 Å². The topological polar surface area (TPSA) is 210 Å². The van der Waals surface area contributed by atoms with Crippen molar-refractivity contribution in [1.29, 1.82) is 0 Å². The van der Waals surface area contributed by atoms with E-state index in [9.17, 15) is 45.8 Å². The van der Waals surface area contributed by atoms with Crippen molar-refractivity contribution in [2.45, 2.75) is 42.3 Å². The van der Waals surface area contributed by atoms with Gasteiger partial charge in [-0.05, 0) is 129 Å². The first kappa shape index (κ1) is 41.1. The van der Waals surface area contributed by atoms with Gasteiger partial charge < -0.3 is 50.3 Å². The molecule has 0 fully saturated rings. The van der Waals surface area contributed by atoms with E-state index >= 15 is 0 Å². The molecule has 6 atom stereocenters. The molecule has 6 unspecified atom stereocenters. The molecule has 2 aliphatic heterocycles. The summed E-state index contributed by atoms with van der Waals surface area (Å²) < 4.78 is 13.2. The minimum atomic E-state index is -0.834. The van der Waals surface area contributed by atoms with E-state index in [2.05, 4.69) is 5.18 Å². The summed E-state index contributed by atoms with van der Waals surface area (Å²) in [6.45, 7) is 0.